The Kier molecular flexibility index (Phi) is 20.3. The molecule has 0 amide bonds. The normalized spacial score (nSPS) is 2.00. The summed E-state index contributed by atoms with van der Waals surface area (Å²) in [5.74, 6) is 0. The Labute approximate surface area is 53.2 Å². The van der Waals surface area contributed by atoms with Crippen molar-refractivity contribution in [3.63, 3.8) is 0 Å². The van der Waals surface area contributed by atoms with Crippen molar-refractivity contribution in [3.05, 3.63) is 0 Å². The minimum atomic E-state index is 0. The fourth-order valence-corrected chi connectivity index (χ4v) is 0. The first-order valence-electron chi connectivity index (χ1n) is 0.408. The van der Waals surface area contributed by atoms with Gasteiger partial charge in [0.25, 0.3) is 0 Å². The van der Waals surface area contributed by atoms with Crippen LogP contribution in [0.3, 0.4) is 0 Å². The summed E-state index contributed by atoms with van der Waals surface area (Å²) in [6.45, 7) is 0. The number of hydrogen-bond donors (Lipinski definition) is 0. The standard InChI is InChI=1S/COS.Na.H/c2-1-3;;/q;+1;-1. The molecule has 0 aliphatic carbocycles. The van der Waals surface area contributed by atoms with Crippen LogP contribution in [0.15, 0.2) is 0 Å². The Morgan fingerprint density at radius 1 is 2.00 bits per heavy atom. The van der Waals surface area contributed by atoms with Crippen LogP contribution in [0.2, 0.25) is 0 Å². The zero-order valence-corrected chi connectivity index (χ0v) is 5.13. The third-order valence-electron chi connectivity index (χ3n) is 0. The van der Waals surface area contributed by atoms with Crippen LogP contribution in [-0.4, -0.2) is 5.23 Å². The molecule has 0 rings (SSSR count). The number of thiocarbonyl (C=S) groups is 1. The zero-order valence-electron chi connectivity index (χ0n) is 3.32. The zero-order chi connectivity index (χ0) is 2.71. The molecule has 0 fully saturated rings. The van der Waals surface area contributed by atoms with Gasteiger partial charge in [0.2, 0.25) is 5.23 Å². The molecular weight excluding hydrogens is 83.1 g/mol. The van der Waals surface area contributed by atoms with E-state index in [-0.39, 0.29) is 31.0 Å². The van der Waals surface area contributed by atoms with Crippen molar-refractivity contribution in [2.24, 2.45) is 0 Å². The van der Waals surface area contributed by atoms with Crippen molar-refractivity contribution in [2.75, 3.05) is 0 Å². The Bertz CT molecular complexity index is 32.6. The van der Waals surface area contributed by atoms with E-state index >= 15 is 0 Å². The average Bonchev–Trinajstić information content (AvgIpc) is 0.918. The summed E-state index contributed by atoms with van der Waals surface area (Å²) >= 11 is 3.59. The molecule has 0 atom stereocenters. The van der Waals surface area contributed by atoms with Gasteiger partial charge >= 0.3 is 29.6 Å². The Balaban J connectivity index is -0.0000000200. The van der Waals surface area contributed by atoms with Crippen LogP contribution in [0.25, 0.3) is 0 Å². The van der Waals surface area contributed by atoms with E-state index in [0.29, 0.717) is 0 Å². The molecule has 0 heterocycles. The summed E-state index contributed by atoms with van der Waals surface area (Å²) in [7, 11) is 0. The molecule has 1 nitrogen and oxygen atoms in total. The maximum Gasteiger partial charge on any atom is 1.00 e. The van der Waals surface area contributed by atoms with Gasteiger partial charge in [0.1, 0.15) is 0 Å². The predicted molar refractivity (Wildman–Crippen MR) is 14.4 cm³/mol. The molecule has 0 radical (unpaired) electrons. The van der Waals surface area contributed by atoms with E-state index in [4.69, 9.17) is 4.79 Å². The van der Waals surface area contributed by atoms with Gasteiger partial charge in [-0.25, -0.2) is 4.79 Å². The smallest absolute Gasteiger partial charge is 1.00 e. The van der Waals surface area contributed by atoms with Gasteiger partial charge in [-0.05, 0) is 0 Å². The summed E-state index contributed by atoms with van der Waals surface area (Å²) < 4.78 is 0. The van der Waals surface area contributed by atoms with Crippen LogP contribution < -0.4 is 29.6 Å². The van der Waals surface area contributed by atoms with Gasteiger partial charge in [0, 0.05) is 12.2 Å². The van der Waals surface area contributed by atoms with Crippen molar-refractivity contribution in [1.29, 1.82) is 0 Å². The molecule has 0 N–H and O–H groups in total. The molecule has 0 bridgehead atoms. The summed E-state index contributed by atoms with van der Waals surface area (Å²) in [5, 5.41) is 1.08. The maximum atomic E-state index is 8.50. The van der Waals surface area contributed by atoms with Crippen LogP contribution in [0.4, 0.5) is 0 Å². The first kappa shape index (κ1) is 8.84. The molecule has 0 spiro atoms. The van der Waals surface area contributed by atoms with Crippen molar-refractivity contribution in [1.82, 2.24) is 0 Å². The molecule has 0 aromatic rings. The van der Waals surface area contributed by atoms with Crippen molar-refractivity contribution < 1.29 is 35.8 Å². The number of rotatable bonds is 0. The molecule has 0 aromatic heterocycles. The largest absolute Gasteiger partial charge is 1.00 e. The molecule has 0 aliphatic rings. The molecule has 4 heavy (non-hydrogen) atoms. The second kappa shape index (κ2) is 9.20. The molecule has 18 valence electrons. The van der Waals surface area contributed by atoms with E-state index in [9.17, 15) is 0 Å². The Hall–Kier alpha value is 0.800. The quantitative estimate of drug-likeness (QED) is 0.236. The van der Waals surface area contributed by atoms with Crippen LogP contribution in [-0.2, 0) is 4.79 Å². The van der Waals surface area contributed by atoms with E-state index in [0.717, 1.165) is 5.23 Å². The topological polar surface area (TPSA) is 17.1 Å². The number of carbonyl (C=O) groups excluding carboxylic acids is 1. The van der Waals surface area contributed by atoms with Gasteiger partial charge in [0.15, 0.2) is 0 Å². The molecule has 0 aliphatic heterocycles. The third kappa shape index (κ3) is 14.2. The first-order chi connectivity index (χ1) is 1.41. The number of hydrogen-bond acceptors (Lipinski definition) is 2. The Morgan fingerprint density at radius 3 is 2.00 bits per heavy atom. The first-order valence-corrected chi connectivity index (χ1v) is 0.816. The van der Waals surface area contributed by atoms with Gasteiger partial charge in [-0.2, -0.15) is 0 Å². The SMILES string of the molecule is O=C=S.[H-].[Na+]. The Morgan fingerprint density at radius 2 is 2.00 bits per heavy atom. The van der Waals surface area contributed by atoms with E-state index in [2.05, 4.69) is 12.2 Å². The molecule has 0 aromatic carbocycles. The van der Waals surface area contributed by atoms with E-state index in [1.807, 2.05) is 0 Å². The average molecular weight is 84.1 g/mol. The fraction of sp³-hybridized carbons (Fsp3) is 0. The van der Waals surface area contributed by atoms with Crippen LogP contribution in [0, 0.1) is 0 Å². The van der Waals surface area contributed by atoms with Gasteiger partial charge in [-0.3, -0.25) is 0 Å². The van der Waals surface area contributed by atoms with Gasteiger partial charge in [0.05, 0.1) is 0 Å². The van der Waals surface area contributed by atoms with Gasteiger partial charge in [-0.1, -0.05) is 0 Å². The summed E-state index contributed by atoms with van der Waals surface area (Å²) in [6, 6.07) is 0. The van der Waals surface area contributed by atoms with Crippen molar-refractivity contribution in [3.8, 4) is 0 Å². The second-order valence-corrected chi connectivity index (χ2v) is 0.250. The third-order valence-corrected chi connectivity index (χ3v) is 0. The maximum absolute atomic E-state index is 8.50. The molecular formula is CHNaOS. The summed E-state index contributed by atoms with van der Waals surface area (Å²) in [4.78, 5) is 8.50. The molecule has 0 saturated carbocycles. The fourth-order valence-electron chi connectivity index (χ4n) is 0. The van der Waals surface area contributed by atoms with Crippen molar-refractivity contribution >= 4 is 17.5 Å². The molecule has 0 saturated heterocycles. The van der Waals surface area contributed by atoms with Crippen LogP contribution in [0.1, 0.15) is 1.43 Å². The van der Waals surface area contributed by atoms with Crippen LogP contribution >= 0.6 is 12.2 Å². The minimum Gasteiger partial charge on any atom is -1.00 e. The second-order valence-electron chi connectivity index (χ2n) is 0.0833. The van der Waals surface area contributed by atoms with Crippen LogP contribution in [0.5, 0.6) is 0 Å². The van der Waals surface area contributed by atoms with E-state index in [1.165, 1.54) is 0 Å². The van der Waals surface area contributed by atoms with E-state index in [1.54, 1.807) is 0 Å². The summed E-state index contributed by atoms with van der Waals surface area (Å²) in [5.41, 5.74) is 0. The minimum absolute atomic E-state index is 0. The van der Waals surface area contributed by atoms with Gasteiger partial charge in [-0.15, -0.1) is 0 Å². The van der Waals surface area contributed by atoms with Crippen molar-refractivity contribution in [2.45, 2.75) is 0 Å². The predicted octanol–water partition coefficient (Wildman–Crippen LogP) is -2.63. The van der Waals surface area contributed by atoms with Gasteiger partial charge < -0.3 is 1.43 Å². The monoisotopic (exact) mass is 84.0 g/mol. The van der Waals surface area contributed by atoms with E-state index < -0.39 is 0 Å². The summed E-state index contributed by atoms with van der Waals surface area (Å²) in [6.07, 6.45) is 0. The molecule has 3 heteroatoms. The molecule has 0 unspecified atom stereocenters.